The lowest BCUT2D eigenvalue weighted by Gasteiger charge is -2.20. The molecule has 1 unspecified atom stereocenters. The number of aromatic nitrogens is 2. The summed E-state index contributed by atoms with van der Waals surface area (Å²) < 4.78 is 5.07. The summed E-state index contributed by atoms with van der Waals surface area (Å²) in [6.45, 7) is 0.859. The Morgan fingerprint density at radius 3 is 3.12 bits per heavy atom. The molecule has 1 aromatic heterocycles. The van der Waals surface area contributed by atoms with Crippen LogP contribution in [0.15, 0.2) is 12.4 Å². The first-order valence-electron chi connectivity index (χ1n) is 5.15. The largest absolute Gasteiger partial charge is 0.386 e. The van der Waals surface area contributed by atoms with E-state index in [2.05, 4.69) is 15.3 Å². The van der Waals surface area contributed by atoms with Gasteiger partial charge >= 0.3 is 0 Å². The average molecular weight is 258 g/mol. The van der Waals surface area contributed by atoms with E-state index in [1.807, 2.05) is 0 Å². The molecule has 0 saturated carbocycles. The van der Waals surface area contributed by atoms with Crippen molar-refractivity contribution in [1.29, 1.82) is 0 Å². The molecular weight excluding hydrogens is 246 g/mol. The second-order valence-electron chi connectivity index (χ2n) is 3.94. The smallest absolute Gasteiger partial charge is 0.271 e. The van der Waals surface area contributed by atoms with Gasteiger partial charge < -0.3 is 15.2 Å². The van der Waals surface area contributed by atoms with Gasteiger partial charge in [0.15, 0.2) is 0 Å². The Labute approximate surface area is 103 Å². The highest BCUT2D eigenvalue weighted by molar-refractivity contribution is 6.29. The van der Waals surface area contributed by atoms with Gasteiger partial charge in [-0.15, -0.1) is 0 Å². The molecule has 6 nitrogen and oxygen atoms in total. The van der Waals surface area contributed by atoms with Gasteiger partial charge in [-0.2, -0.15) is 0 Å². The van der Waals surface area contributed by atoms with Crippen LogP contribution in [-0.2, 0) is 4.74 Å². The number of halogens is 1. The lowest BCUT2D eigenvalue weighted by atomic mass is 10.0. The molecule has 0 aliphatic carbocycles. The minimum atomic E-state index is -0.984. The Balaban J connectivity index is 1.93. The van der Waals surface area contributed by atoms with Crippen LogP contribution in [-0.4, -0.2) is 46.3 Å². The second-order valence-corrected chi connectivity index (χ2v) is 4.32. The van der Waals surface area contributed by atoms with Gasteiger partial charge in [-0.3, -0.25) is 9.78 Å². The van der Waals surface area contributed by atoms with Gasteiger partial charge in [-0.25, -0.2) is 4.98 Å². The van der Waals surface area contributed by atoms with E-state index in [0.717, 1.165) is 0 Å². The molecule has 1 aromatic rings. The van der Waals surface area contributed by atoms with E-state index in [1.54, 1.807) is 0 Å². The summed E-state index contributed by atoms with van der Waals surface area (Å²) in [5.41, 5.74) is -0.859. The number of aliphatic hydroxyl groups is 1. The van der Waals surface area contributed by atoms with Crippen molar-refractivity contribution in [2.24, 2.45) is 0 Å². The summed E-state index contributed by atoms with van der Waals surface area (Å²) in [6.07, 6.45) is 3.17. The highest BCUT2D eigenvalue weighted by atomic mass is 35.5. The Kier molecular flexibility index (Phi) is 3.56. The number of hydrogen-bond acceptors (Lipinski definition) is 5. The summed E-state index contributed by atoms with van der Waals surface area (Å²) in [5.74, 6) is -0.416. The number of rotatable bonds is 3. The maximum atomic E-state index is 11.7. The summed E-state index contributed by atoms with van der Waals surface area (Å²) >= 11 is 5.62. The molecule has 1 fully saturated rings. The third-order valence-electron chi connectivity index (χ3n) is 2.50. The average Bonchev–Trinajstić information content (AvgIpc) is 2.74. The Bertz CT molecular complexity index is 421. The molecule has 17 heavy (non-hydrogen) atoms. The van der Waals surface area contributed by atoms with Gasteiger partial charge in [0.2, 0.25) is 0 Å². The molecule has 2 heterocycles. The first-order valence-corrected chi connectivity index (χ1v) is 5.53. The number of nitrogens with one attached hydrogen (secondary N) is 1. The molecule has 92 valence electrons. The Morgan fingerprint density at radius 2 is 2.47 bits per heavy atom. The van der Waals surface area contributed by atoms with Crippen LogP contribution < -0.4 is 5.32 Å². The molecule has 0 radical (unpaired) electrons. The minimum Gasteiger partial charge on any atom is -0.386 e. The fourth-order valence-corrected chi connectivity index (χ4v) is 1.67. The van der Waals surface area contributed by atoms with Crippen LogP contribution >= 0.6 is 11.6 Å². The molecular formula is C10H12ClN3O3. The number of carbonyl (C=O) groups excluding carboxylic acids is 1. The lowest BCUT2D eigenvalue weighted by molar-refractivity contribution is 0.0264. The Hall–Kier alpha value is -1.24. The topological polar surface area (TPSA) is 84.3 Å². The molecule has 1 amide bonds. The predicted octanol–water partition coefficient (Wildman–Crippen LogP) is 0.0112. The van der Waals surface area contributed by atoms with Gasteiger partial charge in [-0.05, 0) is 0 Å². The third-order valence-corrected chi connectivity index (χ3v) is 2.68. The van der Waals surface area contributed by atoms with Crippen LogP contribution in [0.5, 0.6) is 0 Å². The maximum Gasteiger partial charge on any atom is 0.271 e. The number of ether oxygens (including phenoxy) is 1. The molecule has 1 aliphatic heterocycles. The van der Waals surface area contributed by atoms with Gasteiger partial charge in [-0.1, -0.05) is 11.6 Å². The molecule has 1 aliphatic rings. The van der Waals surface area contributed by atoms with Gasteiger partial charge in [0.05, 0.1) is 19.0 Å². The van der Waals surface area contributed by atoms with Gasteiger partial charge in [0.1, 0.15) is 16.4 Å². The van der Waals surface area contributed by atoms with Crippen molar-refractivity contribution in [1.82, 2.24) is 15.3 Å². The molecule has 1 atom stereocenters. The zero-order valence-corrected chi connectivity index (χ0v) is 9.78. The standard InChI is InChI=1S/C10H12ClN3O3/c11-8-4-12-3-7(14-8)9(15)13-5-10(16)1-2-17-6-10/h3-4,16H,1-2,5-6H2,(H,13,15). The summed E-state index contributed by atoms with van der Waals surface area (Å²) in [7, 11) is 0. The van der Waals surface area contributed by atoms with Crippen molar-refractivity contribution >= 4 is 17.5 Å². The van der Waals surface area contributed by atoms with Crippen LogP contribution in [0.1, 0.15) is 16.9 Å². The van der Waals surface area contributed by atoms with E-state index in [4.69, 9.17) is 16.3 Å². The Morgan fingerprint density at radius 1 is 1.65 bits per heavy atom. The highest BCUT2D eigenvalue weighted by Crippen LogP contribution is 2.17. The van der Waals surface area contributed by atoms with E-state index >= 15 is 0 Å². The van der Waals surface area contributed by atoms with E-state index in [-0.39, 0.29) is 24.0 Å². The first-order chi connectivity index (χ1) is 8.09. The SMILES string of the molecule is O=C(NCC1(O)CCOC1)c1cncc(Cl)n1. The van der Waals surface area contributed by atoms with Crippen LogP contribution in [0.25, 0.3) is 0 Å². The minimum absolute atomic E-state index is 0.125. The fourth-order valence-electron chi connectivity index (χ4n) is 1.52. The van der Waals surface area contributed by atoms with Crippen molar-refractivity contribution in [3.8, 4) is 0 Å². The fraction of sp³-hybridized carbons (Fsp3) is 0.500. The van der Waals surface area contributed by atoms with E-state index in [1.165, 1.54) is 12.4 Å². The molecule has 2 N–H and O–H groups in total. The predicted molar refractivity (Wildman–Crippen MR) is 59.8 cm³/mol. The van der Waals surface area contributed by atoms with Crippen LogP contribution in [0.2, 0.25) is 5.15 Å². The molecule has 0 bridgehead atoms. The van der Waals surface area contributed by atoms with Crippen LogP contribution in [0.4, 0.5) is 0 Å². The third kappa shape index (κ3) is 3.12. The summed E-state index contributed by atoms with van der Waals surface area (Å²) in [4.78, 5) is 19.3. The van der Waals surface area contributed by atoms with Crippen molar-refractivity contribution < 1.29 is 14.6 Å². The lowest BCUT2D eigenvalue weighted by Crippen LogP contribution is -2.43. The molecule has 0 aromatic carbocycles. The number of nitrogens with zero attached hydrogens (tertiary/aromatic N) is 2. The molecule has 2 rings (SSSR count). The van der Waals surface area contributed by atoms with E-state index < -0.39 is 11.5 Å². The van der Waals surface area contributed by atoms with Crippen molar-refractivity contribution in [2.45, 2.75) is 12.0 Å². The zero-order chi connectivity index (χ0) is 12.3. The molecule has 7 heteroatoms. The van der Waals surface area contributed by atoms with Crippen molar-refractivity contribution in [3.05, 3.63) is 23.2 Å². The summed E-state index contributed by atoms with van der Waals surface area (Å²) in [6, 6.07) is 0. The van der Waals surface area contributed by atoms with Crippen molar-refractivity contribution in [2.75, 3.05) is 19.8 Å². The highest BCUT2D eigenvalue weighted by Gasteiger charge is 2.32. The normalized spacial score (nSPS) is 23.6. The maximum absolute atomic E-state index is 11.7. The monoisotopic (exact) mass is 257 g/mol. The molecule has 1 saturated heterocycles. The molecule has 0 spiro atoms. The van der Waals surface area contributed by atoms with Gasteiger partial charge in [0, 0.05) is 19.6 Å². The van der Waals surface area contributed by atoms with Gasteiger partial charge in [0.25, 0.3) is 5.91 Å². The van der Waals surface area contributed by atoms with Crippen LogP contribution in [0, 0.1) is 0 Å². The quantitative estimate of drug-likeness (QED) is 0.797. The van der Waals surface area contributed by atoms with E-state index in [9.17, 15) is 9.90 Å². The van der Waals surface area contributed by atoms with Crippen LogP contribution in [0.3, 0.4) is 0 Å². The van der Waals surface area contributed by atoms with Crippen molar-refractivity contribution in [3.63, 3.8) is 0 Å². The zero-order valence-electron chi connectivity index (χ0n) is 9.02. The number of carbonyl (C=O) groups is 1. The summed E-state index contributed by atoms with van der Waals surface area (Å²) in [5, 5.41) is 12.7. The number of hydrogen-bond donors (Lipinski definition) is 2. The number of amides is 1. The van der Waals surface area contributed by atoms with E-state index in [0.29, 0.717) is 13.0 Å². The first kappa shape index (κ1) is 12.2. The second kappa shape index (κ2) is 4.95.